The summed E-state index contributed by atoms with van der Waals surface area (Å²) < 4.78 is 4.93. The van der Waals surface area contributed by atoms with Crippen molar-refractivity contribution < 1.29 is 19.4 Å². The maximum absolute atomic E-state index is 11.7. The molecule has 0 radical (unpaired) electrons. The zero-order valence-corrected chi connectivity index (χ0v) is 9.67. The van der Waals surface area contributed by atoms with Crippen molar-refractivity contribution in [1.29, 1.82) is 0 Å². The summed E-state index contributed by atoms with van der Waals surface area (Å²) in [6.45, 7) is 4.09. The van der Waals surface area contributed by atoms with Gasteiger partial charge in [0.2, 0.25) is 0 Å². The molecule has 94 valence electrons. The van der Waals surface area contributed by atoms with Crippen molar-refractivity contribution >= 4 is 12.1 Å². The Morgan fingerprint density at radius 2 is 2.24 bits per heavy atom. The summed E-state index contributed by atoms with van der Waals surface area (Å²) in [6.07, 6.45) is 3.91. The van der Waals surface area contributed by atoms with Crippen molar-refractivity contribution in [3.63, 3.8) is 0 Å². The predicted molar refractivity (Wildman–Crippen MR) is 60.5 cm³/mol. The Balaban J connectivity index is 2.08. The number of amides is 1. The van der Waals surface area contributed by atoms with Crippen molar-refractivity contribution in [2.75, 3.05) is 13.2 Å². The minimum Gasteiger partial charge on any atom is -0.480 e. The summed E-state index contributed by atoms with van der Waals surface area (Å²) >= 11 is 0. The van der Waals surface area contributed by atoms with Crippen LogP contribution in [0.25, 0.3) is 0 Å². The number of nitrogens with zero attached hydrogens (tertiary/aromatic N) is 1. The van der Waals surface area contributed by atoms with Crippen LogP contribution >= 0.6 is 0 Å². The third-order valence-corrected chi connectivity index (χ3v) is 3.70. The van der Waals surface area contributed by atoms with Crippen molar-refractivity contribution in [3.8, 4) is 0 Å². The number of ether oxygens (including phenoxy) is 1. The van der Waals surface area contributed by atoms with E-state index in [9.17, 15) is 14.7 Å². The SMILES string of the molecule is C=CCOC(=O)N1C[C@H]2CCC[C@H]2[C@H]1C(=O)O. The van der Waals surface area contributed by atoms with Gasteiger partial charge in [0.25, 0.3) is 0 Å². The highest BCUT2D eigenvalue weighted by Gasteiger charge is 2.50. The standard InChI is InChI=1S/C12H17NO4/c1-2-6-17-12(16)13-7-8-4-3-5-9(8)10(13)11(14)15/h2,8-10H,1,3-7H2,(H,14,15)/t8-,9-,10+/m1/s1. The molecule has 0 aromatic carbocycles. The number of aliphatic carboxylic acids is 1. The Morgan fingerprint density at radius 1 is 1.47 bits per heavy atom. The van der Waals surface area contributed by atoms with Gasteiger partial charge in [0.1, 0.15) is 12.6 Å². The number of carbonyl (C=O) groups is 2. The topological polar surface area (TPSA) is 66.8 Å². The predicted octanol–water partition coefficient (Wildman–Crippen LogP) is 1.49. The van der Waals surface area contributed by atoms with Crippen LogP contribution in [0.5, 0.6) is 0 Å². The number of fused-ring (bicyclic) bond motifs is 1. The Kier molecular flexibility index (Phi) is 3.36. The minimum atomic E-state index is -0.921. The van der Waals surface area contributed by atoms with E-state index in [1.807, 2.05) is 0 Å². The quantitative estimate of drug-likeness (QED) is 0.758. The Hall–Kier alpha value is -1.52. The van der Waals surface area contributed by atoms with Gasteiger partial charge in [-0.25, -0.2) is 9.59 Å². The average molecular weight is 239 g/mol. The summed E-state index contributed by atoms with van der Waals surface area (Å²) in [5.41, 5.74) is 0. The molecule has 0 aromatic heterocycles. The van der Waals surface area contributed by atoms with Gasteiger partial charge in [-0.05, 0) is 24.7 Å². The lowest BCUT2D eigenvalue weighted by Gasteiger charge is -2.23. The first kappa shape index (κ1) is 12.0. The third kappa shape index (κ3) is 2.14. The fraction of sp³-hybridized carbons (Fsp3) is 0.667. The smallest absolute Gasteiger partial charge is 0.410 e. The lowest BCUT2D eigenvalue weighted by atomic mass is 9.94. The van der Waals surface area contributed by atoms with E-state index in [1.165, 1.54) is 11.0 Å². The Morgan fingerprint density at radius 3 is 2.88 bits per heavy atom. The van der Waals surface area contributed by atoms with Crippen LogP contribution in [-0.2, 0) is 9.53 Å². The maximum Gasteiger partial charge on any atom is 0.410 e. The lowest BCUT2D eigenvalue weighted by Crippen LogP contribution is -2.43. The van der Waals surface area contributed by atoms with E-state index in [-0.39, 0.29) is 12.5 Å². The fourth-order valence-corrected chi connectivity index (χ4v) is 3.02. The first-order valence-electron chi connectivity index (χ1n) is 5.92. The molecule has 0 bridgehead atoms. The van der Waals surface area contributed by atoms with Gasteiger partial charge < -0.3 is 9.84 Å². The summed E-state index contributed by atoms with van der Waals surface area (Å²) in [6, 6.07) is -0.709. The number of hydrogen-bond donors (Lipinski definition) is 1. The number of rotatable bonds is 3. The normalized spacial score (nSPS) is 31.1. The number of likely N-dealkylation sites (tertiary alicyclic amines) is 1. The van der Waals surface area contributed by atoms with E-state index in [4.69, 9.17) is 4.74 Å². The van der Waals surface area contributed by atoms with Gasteiger partial charge in [-0.2, -0.15) is 0 Å². The molecule has 3 atom stereocenters. The second kappa shape index (κ2) is 4.77. The Bertz CT molecular complexity index is 341. The summed E-state index contributed by atoms with van der Waals surface area (Å²) in [7, 11) is 0. The molecule has 1 saturated heterocycles. The molecular formula is C12H17NO4. The first-order chi connectivity index (χ1) is 8.15. The van der Waals surface area contributed by atoms with Gasteiger partial charge in [-0.1, -0.05) is 19.1 Å². The molecule has 1 saturated carbocycles. The molecule has 1 amide bonds. The highest BCUT2D eigenvalue weighted by molar-refractivity contribution is 5.81. The number of carboxylic acid groups (broad SMARTS) is 1. The first-order valence-corrected chi connectivity index (χ1v) is 5.92. The average Bonchev–Trinajstić information content (AvgIpc) is 2.83. The number of carboxylic acids is 1. The molecule has 1 aliphatic carbocycles. The molecule has 5 nitrogen and oxygen atoms in total. The van der Waals surface area contributed by atoms with E-state index in [0.717, 1.165) is 19.3 Å². The second-order valence-corrected chi connectivity index (χ2v) is 4.66. The maximum atomic E-state index is 11.7. The van der Waals surface area contributed by atoms with Crippen molar-refractivity contribution in [1.82, 2.24) is 4.90 Å². The van der Waals surface area contributed by atoms with Gasteiger partial charge in [-0.3, -0.25) is 4.90 Å². The molecule has 1 aliphatic heterocycles. The third-order valence-electron chi connectivity index (χ3n) is 3.70. The Labute approximate surface area is 100 Å². The van der Waals surface area contributed by atoms with E-state index in [0.29, 0.717) is 12.5 Å². The van der Waals surface area contributed by atoms with Crippen LogP contribution in [0.1, 0.15) is 19.3 Å². The van der Waals surface area contributed by atoms with E-state index >= 15 is 0 Å². The van der Waals surface area contributed by atoms with Crippen LogP contribution in [0.4, 0.5) is 4.79 Å². The monoisotopic (exact) mass is 239 g/mol. The lowest BCUT2D eigenvalue weighted by molar-refractivity contribution is -0.143. The van der Waals surface area contributed by atoms with Crippen molar-refractivity contribution in [2.24, 2.45) is 11.8 Å². The highest BCUT2D eigenvalue weighted by atomic mass is 16.6. The molecule has 2 aliphatic rings. The summed E-state index contributed by atoms with van der Waals surface area (Å²) in [4.78, 5) is 24.4. The molecule has 2 fully saturated rings. The summed E-state index contributed by atoms with van der Waals surface area (Å²) in [5, 5.41) is 9.24. The van der Waals surface area contributed by atoms with Crippen LogP contribution in [0.15, 0.2) is 12.7 Å². The zero-order valence-electron chi connectivity index (χ0n) is 9.67. The molecule has 5 heteroatoms. The van der Waals surface area contributed by atoms with E-state index < -0.39 is 18.1 Å². The van der Waals surface area contributed by atoms with Crippen LogP contribution in [-0.4, -0.2) is 41.3 Å². The second-order valence-electron chi connectivity index (χ2n) is 4.66. The van der Waals surface area contributed by atoms with Gasteiger partial charge in [-0.15, -0.1) is 0 Å². The number of hydrogen-bond acceptors (Lipinski definition) is 3. The summed E-state index contributed by atoms with van der Waals surface area (Å²) in [5.74, 6) is -0.494. The number of carbonyl (C=O) groups excluding carboxylic acids is 1. The molecule has 17 heavy (non-hydrogen) atoms. The molecule has 1 heterocycles. The fourth-order valence-electron chi connectivity index (χ4n) is 3.02. The zero-order chi connectivity index (χ0) is 12.4. The van der Waals surface area contributed by atoms with Gasteiger partial charge in [0, 0.05) is 6.54 Å². The van der Waals surface area contributed by atoms with E-state index in [2.05, 4.69) is 6.58 Å². The van der Waals surface area contributed by atoms with Crippen molar-refractivity contribution in [2.45, 2.75) is 25.3 Å². The largest absolute Gasteiger partial charge is 0.480 e. The minimum absolute atomic E-state index is 0.101. The molecule has 0 aromatic rings. The van der Waals surface area contributed by atoms with Crippen LogP contribution in [0.2, 0.25) is 0 Å². The van der Waals surface area contributed by atoms with Gasteiger partial charge in [0.05, 0.1) is 0 Å². The van der Waals surface area contributed by atoms with Crippen LogP contribution < -0.4 is 0 Å². The van der Waals surface area contributed by atoms with E-state index in [1.54, 1.807) is 0 Å². The molecule has 0 spiro atoms. The molecular weight excluding hydrogens is 222 g/mol. The molecule has 2 rings (SSSR count). The van der Waals surface area contributed by atoms with Gasteiger partial charge >= 0.3 is 12.1 Å². The van der Waals surface area contributed by atoms with Gasteiger partial charge in [0.15, 0.2) is 0 Å². The van der Waals surface area contributed by atoms with Crippen LogP contribution in [0.3, 0.4) is 0 Å². The molecule has 1 N–H and O–H groups in total. The molecule has 0 unspecified atom stereocenters. The van der Waals surface area contributed by atoms with Crippen LogP contribution in [0, 0.1) is 11.8 Å². The van der Waals surface area contributed by atoms with Crippen molar-refractivity contribution in [3.05, 3.63) is 12.7 Å². The highest BCUT2D eigenvalue weighted by Crippen LogP contribution is 2.42.